The summed E-state index contributed by atoms with van der Waals surface area (Å²) in [6.45, 7) is 0. The second-order valence-electron chi connectivity index (χ2n) is 3.84. The molecular formula is C13H10ClFN2O3. The van der Waals surface area contributed by atoms with Gasteiger partial charge in [0, 0.05) is 13.1 Å². The first kappa shape index (κ1) is 14.1. The summed E-state index contributed by atoms with van der Waals surface area (Å²) < 4.78 is 18.5. The van der Waals surface area contributed by atoms with Crippen LogP contribution < -0.4 is 10.1 Å². The van der Waals surface area contributed by atoms with Gasteiger partial charge in [0.15, 0.2) is 0 Å². The van der Waals surface area contributed by atoms with Gasteiger partial charge >= 0.3 is 5.69 Å². The summed E-state index contributed by atoms with van der Waals surface area (Å²) in [5, 5.41) is 13.7. The standard InChI is InChI=1S/C13H10ClFN2O3/c1-16-11-3-2-4-12(13(11)17(18)19)20-8-5-6-10(15)9(14)7-8/h2-7,16H,1H3. The molecule has 1 N–H and O–H groups in total. The van der Waals surface area contributed by atoms with Crippen LogP contribution in [0.3, 0.4) is 0 Å². The topological polar surface area (TPSA) is 64.4 Å². The Kier molecular flexibility index (Phi) is 4.05. The molecule has 0 aliphatic heterocycles. The number of hydrogen-bond donors (Lipinski definition) is 1. The molecule has 0 amide bonds. The van der Waals surface area contributed by atoms with E-state index in [2.05, 4.69) is 5.32 Å². The zero-order valence-electron chi connectivity index (χ0n) is 10.4. The second kappa shape index (κ2) is 5.75. The van der Waals surface area contributed by atoms with Crippen molar-refractivity contribution in [3.63, 3.8) is 0 Å². The fraction of sp³-hybridized carbons (Fsp3) is 0.0769. The third-order valence-electron chi connectivity index (χ3n) is 2.57. The van der Waals surface area contributed by atoms with E-state index in [0.717, 1.165) is 6.07 Å². The molecule has 0 unspecified atom stereocenters. The predicted octanol–water partition coefficient (Wildman–Crippen LogP) is 4.22. The Labute approximate surface area is 119 Å². The lowest BCUT2D eigenvalue weighted by molar-refractivity contribution is -0.384. The van der Waals surface area contributed by atoms with Gasteiger partial charge in [0.2, 0.25) is 5.75 Å². The molecule has 0 saturated heterocycles. The number of nitro groups is 1. The van der Waals surface area contributed by atoms with Crippen molar-refractivity contribution in [2.45, 2.75) is 0 Å². The lowest BCUT2D eigenvalue weighted by atomic mass is 10.2. The van der Waals surface area contributed by atoms with Crippen molar-refractivity contribution in [1.29, 1.82) is 0 Å². The van der Waals surface area contributed by atoms with Crippen molar-refractivity contribution in [1.82, 2.24) is 0 Å². The summed E-state index contributed by atoms with van der Waals surface area (Å²) >= 11 is 5.64. The van der Waals surface area contributed by atoms with Crippen LogP contribution in [0.1, 0.15) is 0 Å². The van der Waals surface area contributed by atoms with Crippen LogP contribution in [-0.2, 0) is 0 Å². The summed E-state index contributed by atoms with van der Waals surface area (Å²) in [6, 6.07) is 8.35. The molecule has 0 radical (unpaired) electrons. The molecule has 2 rings (SSSR count). The first-order chi connectivity index (χ1) is 9.52. The molecule has 0 spiro atoms. The number of ether oxygens (including phenoxy) is 1. The molecule has 0 bridgehead atoms. The summed E-state index contributed by atoms with van der Waals surface area (Å²) in [6.07, 6.45) is 0. The van der Waals surface area contributed by atoms with Crippen molar-refractivity contribution >= 4 is 23.0 Å². The monoisotopic (exact) mass is 296 g/mol. The molecule has 2 aromatic carbocycles. The molecule has 5 nitrogen and oxygen atoms in total. The minimum Gasteiger partial charge on any atom is -0.450 e. The fourth-order valence-corrected chi connectivity index (χ4v) is 1.83. The summed E-state index contributed by atoms with van der Waals surface area (Å²) in [5.41, 5.74) is 0.121. The van der Waals surface area contributed by atoms with E-state index in [4.69, 9.17) is 16.3 Å². The maximum atomic E-state index is 13.1. The van der Waals surface area contributed by atoms with Crippen molar-refractivity contribution in [3.8, 4) is 11.5 Å². The molecular weight excluding hydrogens is 287 g/mol. The number of para-hydroxylation sites is 1. The molecule has 20 heavy (non-hydrogen) atoms. The number of benzene rings is 2. The minimum atomic E-state index is -0.586. The minimum absolute atomic E-state index is 0.0459. The summed E-state index contributed by atoms with van der Waals surface area (Å²) in [4.78, 5) is 10.6. The van der Waals surface area contributed by atoms with E-state index in [1.165, 1.54) is 18.2 Å². The van der Waals surface area contributed by atoms with E-state index in [0.29, 0.717) is 5.69 Å². The lowest BCUT2D eigenvalue weighted by Gasteiger charge is -2.09. The maximum absolute atomic E-state index is 13.1. The number of hydrogen-bond acceptors (Lipinski definition) is 4. The molecule has 0 atom stereocenters. The van der Waals surface area contributed by atoms with Gasteiger partial charge in [-0.15, -0.1) is 0 Å². The van der Waals surface area contributed by atoms with Crippen LogP contribution in [0.15, 0.2) is 36.4 Å². The molecule has 0 aliphatic rings. The van der Waals surface area contributed by atoms with Gasteiger partial charge in [-0.05, 0) is 24.3 Å². The van der Waals surface area contributed by atoms with Crippen LogP contribution >= 0.6 is 11.6 Å². The average molecular weight is 297 g/mol. The molecule has 2 aromatic rings. The lowest BCUT2D eigenvalue weighted by Crippen LogP contribution is -1.99. The van der Waals surface area contributed by atoms with Crippen LogP contribution in [0.5, 0.6) is 11.5 Å². The molecule has 7 heteroatoms. The van der Waals surface area contributed by atoms with Crippen LogP contribution in [0.2, 0.25) is 5.02 Å². The Morgan fingerprint density at radius 2 is 2.10 bits per heavy atom. The number of rotatable bonds is 4. The van der Waals surface area contributed by atoms with E-state index in [9.17, 15) is 14.5 Å². The Bertz CT molecular complexity index is 664. The zero-order valence-corrected chi connectivity index (χ0v) is 11.1. The molecule has 0 fully saturated rings. The van der Waals surface area contributed by atoms with Gasteiger partial charge in [0.05, 0.1) is 9.95 Å². The number of nitrogens with one attached hydrogen (secondary N) is 1. The quantitative estimate of drug-likeness (QED) is 0.677. The van der Waals surface area contributed by atoms with Crippen molar-refractivity contribution in [2.24, 2.45) is 0 Å². The predicted molar refractivity (Wildman–Crippen MR) is 74.1 cm³/mol. The third-order valence-corrected chi connectivity index (χ3v) is 2.86. The number of anilines is 1. The van der Waals surface area contributed by atoms with Gasteiger partial charge in [-0.25, -0.2) is 4.39 Å². The summed E-state index contributed by atoms with van der Waals surface area (Å²) in [5.74, 6) is -0.324. The Morgan fingerprint density at radius 1 is 1.35 bits per heavy atom. The normalized spacial score (nSPS) is 10.2. The van der Waals surface area contributed by atoms with Gasteiger partial charge in [-0.1, -0.05) is 17.7 Å². The van der Waals surface area contributed by atoms with Crippen molar-refractivity contribution in [3.05, 3.63) is 57.4 Å². The fourth-order valence-electron chi connectivity index (χ4n) is 1.66. The van der Waals surface area contributed by atoms with E-state index >= 15 is 0 Å². The van der Waals surface area contributed by atoms with Gasteiger partial charge in [-0.2, -0.15) is 0 Å². The first-order valence-corrected chi connectivity index (χ1v) is 5.98. The SMILES string of the molecule is CNc1cccc(Oc2ccc(F)c(Cl)c2)c1[N+](=O)[O-]. The second-order valence-corrected chi connectivity index (χ2v) is 4.24. The van der Waals surface area contributed by atoms with Crippen molar-refractivity contribution < 1.29 is 14.1 Å². The van der Waals surface area contributed by atoms with Crippen LogP contribution in [0.25, 0.3) is 0 Å². The third kappa shape index (κ3) is 2.80. The van der Waals surface area contributed by atoms with Crippen LogP contribution in [-0.4, -0.2) is 12.0 Å². The number of halogens is 2. The first-order valence-electron chi connectivity index (χ1n) is 5.61. The molecule has 0 aromatic heterocycles. The maximum Gasteiger partial charge on any atom is 0.334 e. The Balaban J connectivity index is 2.42. The molecule has 104 valence electrons. The van der Waals surface area contributed by atoms with E-state index in [-0.39, 0.29) is 22.2 Å². The largest absolute Gasteiger partial charge is 0.450 e. The highest BCUT2D eigenvalue weighted by molar-refractivity contribution is 6.30. The highest BCUT2D eigenvalue weighted by Crippen LogP contribution is 2.37. The average Bonchev–Trinajstić information content (AvgIpc) is 2.42. The van der Waals surface area contributed by atoms with E-state index in [1.54, 1.807) is 19.2 Å². The van der Waals surface area contributed by atoms with Crippen LogP contribution in [0.4, 0.5) is 15.8 Å². The molecule has 0 aliphatic carbocycles. The smallest absolute Gasteiger partial charge is 0.334 e. The Morgan fingerprint density at radius 3 is 2.70 bits per heavy atom. The van der Waals surface area contributed by atoms with Crippen LogP contribution in [0, 0.1) is 15.9 Å². The number of nitrogens with zero attached hydrogens (tertiary/aromatic N) is 1. The molecule has 0 heterocycles. The van der Waals surface area contributed by atoms with Gasteiger partial charge < -0.3 is 10.1 Å². The van der Waals surface area contributed by atoms with E-state index < -0.39 is 10.7 Å². The Hall–Kier alpha value is -2.34. The van der Waals surface area contributed by atoms with Crippen molar-refractivity contribution in [2.75, 3.05) is 12.4 Å². The highest BCUT2D eigenvalue weighted by atomic mass is 35.5. The van der Waals surface area contributed by atoms with Gasteiger partial charge in [0.25, 0.3) is 0 Å². The van der Waals surface area contributed by atoms with E-state index in [1.807, 2.05) is 0 Å². The number of nitro benzene ring substituents is 1. The highest BCUT2D eigenvalue weighted by Gasteiger charge is 2.21. The van der Waals surface area contributed by atoms with Gasteiger partial charge in [0.1, 0.15) is 17.3 Å². The zero-order chi connectivity index (χ0) is 14.7. The van der Waals surface area contributed by atoms with Gasteiger partial charge in [-0.3, -0.25) is 10.1 Å². The summed E-state index contributed by atoms with van der Waals surface area (Å²) in [7, 11) is 1.57. The molecule has 0 saturated carbocycles.